The van der Waals surface area contributed by atoms with Crippen molar-refractivity contribution in [1.29, 1.82) is 0 Å². The van der Waals surface area contributed by atoms with Crippen LogP contribution in [0.3, 0.4) is 0 Å². The summed E-state index contributed by atoms with van der Waals surface area (Å²) in [6.07, 6.45) is 20.4. The van der Waals surface area contributed by atoms with Crippen LogP contribution in [0, 0.1) is 5.92 Å². The quantitative estimate of drug-likeness (QED) is 0.336. The molecule has 0 aromatic heterocycles. The molecule has 0 atom stereocenters. The van der Waals surface area contributed by atoms with Crippen molar-refractivity contribution in [2.24, 2.45) is 5.92 Å². The molecule has 0 aliphatic heterocycles. The van der Waals surface area contributed by atoms with Crippen LogP contribution in [0.15, 0.2) is 59.1 Å². The highest BCUT2D eigenvalue weighted by Crippen LogP contribution is 2.27. The minimum Gasteiger partial charge on any atom is -0.130 e. The van der Waals surface area contributed by atoms with E-state index in [1.807, 2.05) is 0 Å². The van der Waals surface area contributed by atoms with E-state index in [-0.39, 0.29) is 0 Å². The summed E-state index contributed by atoms with van der Waals surface area (Å²) in [6.45, 7) is 12.4. The van der Waals surface area contributed by atoms with E-state index < -0.39 is 0 Å². The molecule has 1 rings (SSSR count). The van der Waals surface area contributed by atoms with Gasteiger partial charge in [-0.1, -0.05) is 75.1 Å². The molecule has 0 amide bonds. The van der Waals surface area contributed by atoms with E-state index in [0.29, 0.717) is 0 Å². The van der Waals surface area contributed by atoms with Crippen molar-refractivity contribution in [3.05, 3.63) is 59.1 Å². The molecule has 0 aromatic carbocycles. The van der Waals surface area contributed by atoms with Gasteiger partial charge in [-0.05, 0) is 50.0 Å². The lowest BCUT2D eigenvalue weighted by Gasteiger charge is -2.19. The third kappa shape index (κ3) is 7.35. The second-order valence-corrected chi connectivity index (χ2v) is 7.27. The molecule has 122 valence electrons. The van der Waals surface area contributed by atoms with Crippen LogP contribution in [0.25, 0.3) is 0 Å². The summed E-state index contributed by atoms with van der Waals surface area (Å²) >= 11 is 1.71. The van der Waals surface area contributed by atoms with Gasteiger partial charge in [0.05, 0.1) is 0 Å². The summed E-state index contributed by atoms with van der Waals surface area (Å²) in [6, 6.07) is 0. The van der Waals surface area contributed by atoms with Crippen LogP contribution < -0.4 is 0 Å². The Labute approximate surface area is 142 Å². The molecule has 0 saturated heterocycles. The van der Waals surface area contributed by atoms with Gasteiger partial charge in [-0.25, -0.2) is 0 Å². The predicted molar refractivity (Wildman–Crippen MR) is 104 cm³/mol. The SMILES string of the molecule is C=C(C)CC(=C/C(=C\C)C(=C)SC)/C=C/CC1CCCCC1. The highest BCUT2D eigenvalue weighted by Gasteiger charge is 2.11. The van der Waals surface area contributed by atoms with Gasteiger partial charge in [-0.3, -0.25) is 0 Å². The van der Waals surface area contributed by atoms with Crippen molar-refractivity contribution >= 4 is 11.8 Å². The van der Waals surface area contributed by atoms with Crippen molar-refractivity contribution in [1.82, 2.24) is 0 Å². The molecule has 1 heteroatoms. The average Bonchev–Trinajstić information content (AvgIpc) is 2.52. The Morgan fingerprint density at radius 2 is 1.86 bits per heavy atom. The van der Waals surface area contributed by atoms with E-state index in [2.05, 4.69) is 57.6 Å². The zero-order valence-corrected chi connectivity index (χ0v) is 15.5. The molecule has 0 bridgehead atoms. The molecule has 1 fully saturated rings. The van der Waals surface area contributed by atoms with Gasteiger partial charge in [-0.2, -0.15) is 0 Å². The number of hydrogen-bond acceptors (Lipinski definition) is 1. The minimum atomic E-state index is 0.901. The van der Waals surface area contributed by atoms with Crippen LogP contribution in [0.1, 0.15) is 58.8 Å². The highest BCUT2D eigenvalue weighted by atomic mass is 32.2. The molecule has 0 heterocycles. The first kappa shape index (κ1) is 19.1. The van der Waals surface area contributed by atoms with Crippen LogP contribution in [0.5, 0.6) is 0 Å². The smallest absolute Gasteiger partial charge is 0.00665 e. The van der Waals surface area contributed by atoms with Gasteiger partial charge in [0.1, 0.15) is 0 Å². The van der Waals surface area contributed by atoms with Crippen molar-refractivity contribution in [2.45, 2.75) is 58.8 Å². The Bertz CT molecular complexity index is 456. The second-order valence-electron chi connectivity index (χ2n) is 6.37. The van der Waals surface area contributed by atoms with Gasteiger partial charge < -0.3 is 0 Å². The Kier molecular flexibility index (Phi) is 9.31. The van der Waals surface area contributed by atoms with Gasteiger partial charge >= 0.3 is 0 Å². The van der Waals surface area contributed by atoms with Gasteiger partial charge in [0, 0.05) is 4.91 Å². The third-order valence-corrected chi connectivity index (χ3v) is 4.98. The molecule has 1 aliphatic rings. The molecule has 0 N–H and O–H groups in total. The standard InChI is InChI=1S/C21H32S/c1-6-21(18(4)22-5)16-20(15-17(2)3)14-10-13-19-11-8-7-9-12-19/h6,10,14,16,19H,2,4,7-9,11-13,15H2,1,3,5H3/b14-10+,20-16+,21-6+. The molecule has 22 heavy (non-hydrogen) atoms. The minimum absolute atomic E-state index is 0.901. The van der Waals surface area contributed by atoms with Crippen LogP contribution in [-0.4, -0.2) is 6.26 Å². The van der Waals surface area contributed by atoms with Crippen molar-refractivity contribution < 1.29 is 0 Å². The Morgan fingerprint density at radius 3 is 2.41 bits per heavy atom. The van der Waals surface area contributed by atoms with E-state index >= 15 is 0 Å². The summed E-state index contributed by atoms with van der Waals surface area (Å²) in [5, 5.41) is 0. The van der Waals surface area contributed by atoms with Crippen LogP contribution in [0.4, 0.5) is 0 Å². The number of allylic oxidation sites excluding steroid dienone is 7. The van der Waals surface area contributed by atoms with E-state index in [0.717, 1.165) is 17.2 Å². The van der Waals surface area contributed by atoms with Crippen LogP contribution in [0.2, 0.25) is 0 Å². The lowest BCUT2D eigenvalue weighted by molar-refractivity contribution is 0.361. The summed E-state index contributed by atoms with van der Waals surface area (Å²) in [5.41, 5.74) is 3.77. The maximum Gasteiger partial charge on any atom is 0.00665 e. The number of thioether (sulfide) groups is 1. The van der Waals surface area contributed by atoms with Gasteiger partial charge in [0.25, 0.3) is 0 Å². The van der Waals surface area contributed by atoms with Crippen molar-refractivity contribution in [3.63, 3.8) is 0 Å². The molecular formula is C21H32S. The molecule has 1 saturated carbocycles. The van der Waals surface area contributed by atoms with Gasteiger partial charge in [0.2, 0.25) is 0 Å². The first-order chi connectivity index (χ1) is 10.6. The second kappa shape index (κ2) is 10.7. The molecule has 0 nitrogen and oxygen atoms in total. The lowest BCUT2D eigenvalue weighted by atomic mass is 9.87. The first-order valence-corrected chi connectivity index (χ1v) is 9.70. The van der Waals surface area contributed by atoms with Crippen LogP contribution >= 0.6 is 11.8 Å². The molecule has 0 aromatic rings. The monoisotopic (exact) mass is 316 g/mol. The van der Waals surface area contributed by atoms with Gasteiger partial charge in [-0.15, -0.1) is 11.8 Å². The topological polar surface area (TPSA) is 0 Å². The van der Waals surface area contributed by atoms with Crippen molar-refractivity contribution in [3.8, 4) is 0 Å². The molecule has 0 radical (unpaired) electrons. The number of rotatable bonds is 8. The van der Waals surface area contributed by atoms with Crippen molar-refractivity contribution in [2.75, 3.05) is 6.26 Å². The first-order valence-electron chi connectivity index (χ1n) is 8.47. The van der Waals surface area contributed by atoms with E-state index in [1.165, 1.54) is 55.2 Å². The zero-order valence-electron chi connectivity index (χ0n) is 14.7. The largest absolute Gasteiger partial charge is 0.130 e. The normalized spacial score (nSPS) is 18.0. The maximum atomic E-state index is 4.13. The predicted octanol–water partition coefficient (Wildman–Crippen LogP) is 7.23. The summed E-state index contributed by atoms with van der Waals surface area (Å²) in [7, 11) is 0. The Balaban J connectivity index is 2.74. The lowest BCUT2D eigenvalue weighted by Crippen LogP contribution is -2.04. The fourth-order valence-electron chi connectivity index (χ4n) is 2.98. The maximum absolute atomic E-state index is 4.13. The average molecular weight is 317 g/mol. The zero-order chi connectivity index (χ0) is 16.4. The Morgan fingerprint density at radius 1 is 1.18 bits per heavy atom. The Hall–Kier alpha value is -0.950. The van der Waals surface area contributed by atoms with E-state index in [9.17, 15) is 0 Å². The summed E-state index contributed by atoms with van der Waals surface area (Å²) in [5.74, 6) is 0.901. The fraction of sp³-hybridized carbons (Fsp3) is 0.524. The third-order valence-electron chi connectivity index (χ3n) is 4.25. The molecule has 1 aliphatic carbocycles. The fourth-order valence-corrected chi connectivity index (χ4v) is 3.40. The highest BCUT2D eigenvalue weighted by molar-refractivity contribution is 8.02. The van der Waals surface area contributed by atoms with Crippen LogP contribution in [-0.2, 0) is 0 Å². The summed E-state index contributed by atoms with van der Waals surface area (Å²) < 4.78 is 0. The molecule has 0 unspecified atom stereocenters. The summed E-state index contributed by atoms with van der Waals surface area (Å²) in [4.78, 5) is 1.13. The van der Waals surface area contributed by atoms with E-state index in [1.54, 1.807) is 11.8 Å². The van der Waals surface area contributed by atoms with E-state index in [4.69, 9.17) is 0 Å². The number of hydrogen-bond donors (Lipinski definition) is 0. The van der Waals surface area contributed by atoms with Gasteiger partial charge in [0.15, 0.2) is 0 Å². The molecular weight excluding hydrogens is 284 g/mol. The molecule has 0 spiro atoms.